The van der Waals surface area contributed by atoms with Crippen LogP contribution in [0.25, 0.3) is 0 Å². The van der Waals surface area contributed by atoms with Crippen molar-refractivity contribution >= 4 is 29.9 Å². The molecular formula is C63H96N8O7. The molecule has 0 saturated heterocycles. The lowest BCUT2D eigenvalue weighted by molar-refractivity contribution is -0.133. The summed E-state index contributed by atoms with van der Waals surface area (Å²) in [4.78, 5) is 67.8. The molecule has 5 N–H and O–H groups in total. The number of nitrogens with zero attached hydrogens (tertiary/aromatic N) is 3. The van der Waals surface area contributed by atoms with Crippen molar-refractivity contribution in [2.45, 2.75) is 215 Å². The number of carbonyl (C=O) groups is 5. The average molecular weight is 1080 g/mol. The van der Waals surface area contributed by atoms with Crippen molar-refractivity contribution in [2.75, 3.05) is 6.54 Å². The van der Waals surface area contributed by atoms with Gasteiger partial charge in [0.1, 0.15) is 36.0 Å². The van der Waals surface area contributed by atoms with Gasteiger partial charge >= 0.3 is 12.2 Å². The normalized spacial score (nSPS) is 26.3. The Morgan fingerprint density at radius 2 is 1.38 bits per heavy atom. The van der Waals surface area contributed by atoms with E-state index in [9.17, 15) is 24.0 Å². The van der Waals surface area contributed by atoms with E-state index in [4.69, 9.17) is 9.47 Å². The molecule has 3 aromatic rings. The number of nitrogens with one attached hydrogen (secondary N) is 5. The number of aromatic nitrogens is 3. The van der Waals surface area contributed by atoms with Crippen LogP contribution in [0.15, 0.2) is 66.9 Å². The quantitative estimate of drug-likeness (QED) is 0.0543. The maximum atomic E-state index is 14.3. The van der Waals surface area contributed by atoms with Crippen LogP contribution in [0.2, 0.25) is 0 Å². The summed E-state index contributed by atoms with van der Waals surface area (Å²) in [5.41, 5.74) is 2.40. The summed E-state index contributed by atoms with van der Waals surface area (Å²) in [5, 5.41) is 23.5. The zero-order chi connectivity index (χ0) is 56.2. The van der Waals surface area contributed by atoms with Crippen LogP contribution in [0, 0.1) is 58.2 Å². The van der Waals surface area contributed by atoms with E-state index >= 15 is 0 Å². The average Bonchev–Trinajstić information content (AvgIpc) is 4.20. The molecule has 2 aromatic carbocycles. The summed E-state index contributed by atoms with van der Waals surface area (Å²) in [5.74, 6) is 3.77. The number of hydrogen-bond donors (Lipinski definition) is 5. The van der Waals surface area contributed by atoms with Crippen molar-refractivity contribution < 1.29 is 33.4 Å². The molecule has 15 heteroatoms. The molecule has 4 aliphatic rings. The van der Waals surface area contributed by atoms with Gasteiger partial charge in [0, 0.05) is 13.0 Å². The predicted octanol–water partition coefficient (Wildman–Crippen LogP) is 11.4. The van der Waals surface area contributed by atoms with Gasteiger partial charge in [0.2, 0.25) is 17.7 Å². The van der Waals surface area contributed by atoms with Gasteiger partial charge in [0.05, 0.1) is 18.8 Å². The molecule has 1 heterocycles. The minimum atomic E-state index is -1.06. The van der Waals surface area contributed by atoms with Gasteiger partial charge in [-0.1, -0.05) is 134 Å². The fourth-order valence-electron chi connectivity index (χ4n) is 14.6. The third-order valence-electron chi connectivity index (χ3n) is 18.8. The Kier molecular flexibility index (Phi) is 20.9. The molecule has 1 aromatic heterocycles. The van der Waals surface area contributed by atoms with Crippen molar-refractivity contribution in [3.8, 4) is 0 Å². The number of unbranched alkanes of at least 4 members (excludes halogenated alkanes) is 1. The molecule has 78 heavy (non-hydrogen) atoms. The van der Waals surface area contributed by atoms with Gasteiger partial charge < -0.3 is 36.1 Å². The summed E-state index contributed by atoms with van der Waals surface area (Å²) in [6.45, 7) is 22.0. The molecule has 0 bridgehead atoms. The summed E-state index contributed by atoms with van der Waals surface area (Å²) in [6, 6.07) is 16.0. The third-order valence-corrected chi connectivity index (χ3v) is 18.8. The van der Waals surface area contributed by atoms with Crippen LogP contribution in [-0.2, 0) is 43.4 Å². The second-order valence-corrected chi connectivity index (χ2v) is 26.2. The second kappa shape index (κ2) is 27.1. The predicted molar refractivity (Wildman–Crippen MR) is 304 cm³/mol. The molecular weight excluding hydrogens is 981 g/mol. The van der Waals surface area contributed by atoms with Crippen molar-refractivity contribution in [1.29, 1.82) is 0 Å². The summed E-state index contributed by atoms with van der Waals surface area (Å²) in [6.07, 6.45) is 17.7. The van der Waals surface area contributed by atoms with Crippen molar-refractivity contribution in [1.82, 2.24) is 41.6 Å². The zero-order valence-corrected chi connectivity index (χ0v) is 48.9. The Bertz CT molecular complexity index is 2420. The van der Waals surface area contributed by atoms with Crippen molar-refractivity contribution in [3.63, 3.8) is 0 Å². The van der Waals surface area contributed by atoms with Crippen molar-refractivity contribution in [3.05, 3.63) is 83.7 Å². The van der Waals surface area contributed by atoms with Crippen molar-refractivity contribution in [2.24, 2.45) is 58.2 Å². The van der Waals surface area contributed by atoms with E-state index in [1.807, 2.05) is 85.4 Å². The van der Waals surface area contributed by atoms with E-state index in [2.05, 4.69) is 71.5 Å². The molecule has 0 unspecified atom stereocenters. The summed E-state index contributed by atoms with van der Waals surface area (Å²) in [7, 11) is 0. The van der Waals surface area contributed by atoms with E-state index in [-0.39, 0.29) is 50.4 Å². The van der Waals surface area contributed by atoms with Crippen LogP contribution < -0.4 is 26.6 Å². The van der Waals surface area contributed by atoms with Crippen LogP contribution in [0.3, 0.4) is 0 Å². The van der Waals surface area contributed by atoms with Gasteiger partial charge in [-0.2, -0.15) is 0 Å². The van der Waals surface area contributed by atoms with Gasteiger partial charge in [-0.15, -0.1) is 5.10 Å². The lowest BCUT2D eigenvalue weighted by Gasteiger charge is -2.61. The molecule has 4 aliphatic carbocycles. The van der Waals surface area contributed by atoms with E-state index < -0.39 is 47.7 Å². The first-order valence-electron chi connectivity index (χ1n) is 29.9. The van der Waals surface area contributed by atoms with Crippen LogP contribution in [0.4, 0.5) is 9.59 Å². The van der Waals surface area contributed by atoms with Gasteiger partial charge in [0.15, 0.2) is 0 Å². The Morgan fingerprint density at radius 3 is 2.08 bits per heavy atom. The van der Waals surface area contributed by atoms with Crippen LogP contribution in [0.1, 0.15) is 188 Å². The largest absolute Gasteiger partial charge is 0.445 e. The smallest absolute Gasteiger partial charge is 0.408 e. The van der Waals surface area contributed by atoms with Crippen LogP contribution in [0.5, 0.6) is 0 Å². The second-order valence-electron chi connectivity index (χ2n) is 26.2. The summed E-state index contributed by atoms with van der Waals surface area (Å²) >= 11 is 0. The summed E-state index contributed by atoms with van der Waals surface area (Å²) < 4.78 is 12.8. The van der Waals surface area contributed by atoms with Crippen LogP contribution in [-0.4, -0.2) is 75.2 Å². The molecule has 5 amide bonds. The van der Waals surface area contributed by atoms with Gasteiger partial charge in [-0.25, -0.2) is 14.3 Å². The Balaban J connectivity index is 0.929. The van der Waals surface area contributed by atoms with E-state index in [0.717, 1.165) is 59.5 Å². The number of alkyl carbamates (subject to hydrolysis) is 2. The number of hydrogen-bond acceptors (Lipinski definition) is 9. The Labute approximate surface area is 466 Å². The Hall–Kier alpha value is -5.47. The van der Waals surface area contributed by atoms with E-state index in [1.165, 1.54) is 64.2 Å². The standard InChI is InChI=1S/C63H96N8O7/c1-41(2)20-19-21-43(5)50-29-30-51-49-28-27-46-37-48(31-33-62(46,9)52(49)32-34-63(50,51)10)71-39-47(69-70-71)38-65-56(72)54(36-44-22-13-11-14-23-44)66-58(74)55(42(3)4)68-57(73)53(67-60(76)78-61(6,7)8)26-17-18-35-64-59(75)77-40-45-24-15-12-16-25-45/h11-16,22-25,39,41-43,46,48-55H,17-21,26-38,40H2,1-10H3,(H,64,75)(H,65,72)(H,66,74)(H,67,76)(H,68,73)/t43-,46+,48-,49+,50-,51+,52+,53+,54+,55+,62+,63-/m1/s1. The maximum Gasteiger partial charge on any atom is 0.408 e. The lowest BCUT2D eigenvalue weighted by Crippen LogP contribution is -2.58. The highest BCUT2D eigenvalue weighted by Gasteiger charge is 2.60. The molecule has 430 valence electrons. The van der Waals surface area contributed by atoms with Gasteiger partial charge in [-0.3, -0.25) is 14.4 Å². The first-order chi connectivity index (χ1) is 37.1. The zero-order valence-electron chi connectivity index (χ0n) is 48.9. The first-order valence-corrected chi connectivity index (χ1v) is 29.9. The minimum absolute atomic E-state index is 0.140. The molecule has 4 saturated carbocycles. The molecule has 0 aliphatic heterocycles. The fraction of sp³-hybridized carbons (Fsp3) is 0.698. The number of rotatable bonds is 24. The topological polar surface area (TPSA) is 195 Å². The van der Waals surface area contributed by atoms with Crippen LogP contribution >= 0.6 is 0 Å². The number of carbonyl (C=O) groups excluding carboxylic acids is 5. The van der Waals surface area contributed by atoms with Gasteiger partial charge in [0.25, 0.3) is 0 Å². The SMILES string of the molecule is CC(C)CCC[C@@H](C)[C@H]1CC[C@H]2[C@@H]3CC[C@H]4C[C@H](n5cc(CNC(=O)[C@H](Cc6ccccc6)NC(=O)[C@@H](NC(=O)[C@H](CCCCNC(=O)OCc6ccccc6)NC(=O)OC(C)(C)C)C(C)C)nn5)CC[C@]4(C)[C@H]3CC[C@]12C. The van der Waals surface area contributed by atoms with Gasteiger partial charge in [-0.05, 0) is 167 Å². The fourth-order valence-corrected chi connectivity index (χ4v) is 14.6. The number of fused-ring (bicyclic) bond motifs is 5. The molecule has 15 nitrogen and oxygen atoms in total. The molecule has 7 rings (SSSR count). The molecule has 12 atom stereocenters. The Morgan fingerprint density at radius 1 is 0.692 bits per heavy atom. The highest BCUT2D eigenvalue weighted by Crippen LogP contribution is 2.69. The lowest BCUT2D eigenvalue weighted by atomic mass is 9.44. The molecule has 0 radical (unpaired) electrons. The molecule has 0 spiro atoms. The number of benzene rings is 2. The number of ether oxygens (including phenoxy) is 2. The van der Waals surface area contributed by atoms with E-state index in [1.54, 1.807) is 20.8 Å². The highest BCUT2D eigenvalue weighted by atomic mass is 16.6. The number of amides is 5. The molecule has 4 fully saturated rings. The first kappa shape index (κ1) is 60.2. The van der Waals surface area contributed by atoms with E-state index in [0.29, 0.717) is 35.3 Å². The highest BCUT2D eigenvalue weighted by molar-refractivity contribution is 5.94. The monoisotopic (exact) mass is 1080 g/mol. The third kappa shape index (κ3) is 15.9. The minimum Gasteiger partial charge on any atom is -0.445 e. The maximum absolute atomic E-state index is 14.3.